The van der Waals surface area contributed by atoms with E-state index in [-0.39, 0.29) is 31.4 Å². The molecule has 7 rings (SSSR count). The molecule has 0 unspecified atom stereocenters. The minimum atomic E-state index is -0.539. The van der Waals surface area contributed by atoms with Gasteiger partial charge in [0, 0.05) is 24.7 Å². The van der Waals surface area contributed by atoms with E-state index in [1.165, 1.54) is 12.1 Å². The molecule has 232 valence electrons. The number of carbonyl (C=O) groups excluding carboxylic acids is 2. The molecule has 1 aliphatic rings. The second-order valence-corrected chi connectivity index (χ2v) is 11.3. The topological polar surface area (TPSA) is 68.7 Å². The highest BCUT2D eigenvalue weighted by Gasteiger charge is 2.38. The van der Waals surface area contributed by atoms with Crippen LogP contribution in [0.3, 0.4) is 0 Å². The molecule has 1 aliphatic heterocycles. The molecule has 6 nitrogen and oxygen atoms in total. The molecule has 0 N–H and O–H groups in total. The van der Waals surface area contributed by atoms with E-state index in [4.69, 9.17) is 14.5 Å². The van der Waals surface area contributed by atoms with Crippen molar-refractivity contribution in [2.45, 2.75) is 26.1 Å². The molecule has 0 spiro atoms. The molecule has 5 aromatic carbocycles. The van der Waals surface area contributed by atoms with Crippen LogP contribution in [0.1, 0.15) is 56.0 Å². The zero-order valence-electron chi connectivity index (χ0n) is 25.7. The van der Waals surface area contributed by atoms with Crippen molar-refractivity contribution in [3.63, 3.8) is 0 Å². The highest BCUT2D eigenvalue weighted by atomic mass is 19.1. The number of hydrogen-bond donors (Lipinski definition) is 0. The maximum atomic E-state index is 14.5. The van der Waals surface area contributed by atoms with Gasteiger partial charge in [0.15, 0.2) is 5.75 Å². The molecule has 47 heavy (non-hydrogen) atoms. The summed E-state index contributed by atoms with van der Waals surface area (Å²) >= 11 is 0. The van der Waals surface area contributed by atoms with Crippen molar-refractivity contribution in [2.75, 3.05) is 6.61 Å². The fourth-order valence-electron chi connectivity index (χ4n) is 6.29. The molecule has 0 radical (unpaired) electrons. The van der Waals surface area contributed by atoms with Crippen molar-refractivity contribution in [1.29, 1.82) is 0 Å². The minimum absolute atomic E-state index is 0.227. The van der Waals surface area contributed by atoms with Crippen LogP contribution in [-0.2, 0) is 17.8 Å². The second-order valence-electron chi connectivity index (χ2n) is 11.3. The fourth-order valence-corrected chi connectivity index (χ4v) is 6.29. The van der Waals surface area contributed by atoms with Gasteiger partial charge >= 0.3 is 5.97 Å². The highest BCUT2D eigenvalue weighted by molar-refractivity contribution is 6.14. The van der Waals surface area contributed by atoms with Gasteiger partial charge in [0.25, 0.3) is 5.91 Å². The number of carbonyl (C=O) groups is 2. The summed E-state index contributed by atoms with van der Waals surface area (Å²) in [7, 11) is 0. The molecule has 1 aromatic heterocycles. The number of amides is 1. The van der Waals surface area contributed by atoms with Crippen molar-refractivity contribution < 1.29 is 23.5 Å². The van der Waals surface area contributed by atoms with E-state index in [9.17, 15) is 14.0 Å². The third kappa shape index (κ3) is 5.72. The predicted molar refractivity (Wildman–Crippen MR) is 178 cm³/mol. The Balaban J connectivity index is 1.47. The summed E-state index contributed by atoms with van der Waals surface area (Å²) in [6.45, 7) is 2.51. The summed E-state index contributed by atoms with van der Waals surface area (Å²) in [6.07, 6.45) is 1.14. The van der Waals surface area contributed by atoms with Gasteiger partial charge in [0.1, 0.15) is 17.4 Å². The fraction of sp³-hybridized carbons (Fsp3) is 0.125. The first-order chi connectivity index (χ1) is 23.0. The van der Waals surface area contributed by atoms with Crippen LogP contribution >= 0.6 is 0 Å². The smallest absolute Gasteiger partial charge is 0.338 e. The van der Waals surface area contributed by atoms with E-state index < -0.39 is 12.1 Å². The molecule has 0 aliphatic carbocycles. The van der Waals surface area contributed by atoms with Crippen molar-refractivity contribution in [2.24, 2.45) is 0 Å². The first-order valence-electron chi connectivity index (χ1n) is 15.5. The van der Waals surface area contributed by atoms with Crippen molar-refractivity contribution in [3.05, 3.63) is 167 Å². The molecule has 0 fully saturated rings. The molecule has 2 heterocycles. The maximum Gasteiger partial charge on any atom is 0.338 e. The Labute approximate surface area is 272 Å². The lowest BCUT2D eigenvalue weighted by Crippen LogP contribution is -2.23. The van der Waals surface area contributed by atoms with Crippen LogP contribution in [-0.4, -0.2) is 28.4 Å². The number of esters is 1. The Hall–Kier alpha value is -5.82. The van der Waals surface area contributed by atoms with Crippen LogP contribution in [0.4, 0.5) is 4.39 Å². The summed E-state index contributed by atoms with van der Waals surface area (Å²) < 4.78 is 26.2. The Morgan fingerprint density at radius 1 is 0.830 bits per heavy atom. The number of benzene rings is 5. The molecule has 0 bridgehead atoms. The first-order valence-corrected chi connectivity index (χ1v) is 15.5. The lowest BCUT2D eigenvalue weighted by Gasteiger charge is -2.24. The number of halogens is 1. The zero-order chi connectivity index (χ0) is 32.3. The normalized spacial score (nSPS) is 12.4. The Kier molecular flexibility index (Phi) is 8.19. The zero-order valence-corrected chi connectivity index (χ0v) is 25.7. The van der Waals surface area contributed by atoms with Crippen LogP contribution in [0, 0.1) is 5.82 Å². The van der Waals surface area contributed by atoms with Gasteiger partial charge in [-0.15, -0.1) is 0 Å². The molecular weight excluding hydrogens is 591 g/mol. The number of nitrogens with zero attached hydrogens (tertiary/aromatic N) is 2. The molecule has 7 heteroatoms. The van der Waals surface area contributed by atoms with Crippen molar-refractivity contribution in [1.82, 2.24) is 9.88 Å². The van der Waals surface area contributed by atoms with Crippen LogP contribution in [0.2, 0.25) is 0 Å². The predicted octanol–water partition coefficient (Wildman–Crippen LogP) is 8.54. The molecule has 1 amide bonds. The molecule has 0 atom stereocenters. The average molecular weight is 623 g/mol. The quantitative estimate of drug-likeness (QED) is 0.151. The average Bonchev–Trinajstić information content (AvgIpc) is 3.43. The van der Waals surface area contributed by atoms with Crippen LogP contribution in [0.5, 0.6) is 5.75 Å². The monoisotopic (exact) mass is 622 g/mol. The Bertz CT molecular complexity index is 2040. The second kappa shape index (κ2) is 12.9. The molecule has 6 aromatic rings. The number of ether oxygens (including phenoxy) is 2. The largest absolute Gasteiger partial charge is 0.478 e. The van der Waals surface area contributed by atoms with Gasteiger partial charge in [-0.2, -0.15) is 0 Å². The summed E-state index contributed by atoms with van der Waals surface area (Å²) in [4.78, 5) is 34.3. The van der Waals surface area contributed by atoms with Gasteiger partial charge in [-0.1, -0.05) is 97.1 Å². The number of fused-ring (bicyclic) bond motifs is 2. The number of aromatic nitrogens is 1. The SMILES string of the molecule is CCOC(=O)c1ccccc1-c1c2c(c(OC(c3ccccc3)c3ccccc3)c3ncccc13)C(=O)N(Cc1ccc(F)cc1)C2. The van der Waals surface area contributed by atoms with Crippen LogP contribution in [0.25, 0.3) is 22.0 Å². The minimum Gasteiger partial charge on any atom is -0.478 e. The third-order valence-corrected chi connectivity index (χ3v) is 8.39. The summed E-state index contributed by atoms with van der Waals surface area (Å²) in [5, 5.41) is 0.745. The molecule has 0 saturated carbocycles. The van der Waals surface area contributed by atoms with Gasteiger partial charge in [-0.05, 0) is 64.6 Å². The van der Waals surface area contributed by atoms with E-state index in [1.54, 1.807) is 42.3 Å². The van der Waals surface area contributed by atoms with E-state index in [0.29, 0.717) is 28.0 Å². The number of pyridine rings is 1. The van der Waals surface area contributed by atoms with Crippen molar-refractivity contribution in [3.8, 4) is 16.9 Å². The van der Waals surface area contributed by atoms with Gasteiger partial charge in [0.05, 0.1) is 17.7 Å². The van der Waals surface area contributed by atoms with E-state index in [0.717, 1.165) is 33.2 Å². The van der Waals surface area contributed by atoms with Gasteiger partial charge in [-0.25, -0.2) is 9.18 Å². The van der Waals surface area contributed by atoms with E-state index in [1.807, 2.05) is 84.9 Å². The van der Waals surface area contributed by atoms with E-state index in [2.05, 4.69) is 0 Å². The first kappa shape index (κ1) is 29.9. The molecule has 0 saturated heterocycles. The van der Waals surface area contributed by atoms with Gasteiger partial charge in [0.2, 0.25) is 0 Å². The Morgan fingerprint density at radius 2 is 1.49 bits per heavy atom. The lowest BCUT2D eigenvalue weighted by molar-refractivity contribution is 0.0527. The lowest BCUT2D eigenvalue weighted by atomic mass is 9.89. The van der Waals surface area contributed by atoms with E-state index >= 15 is 0 Å². The highest BCUT2D eigenvalue weighted by Crippen LogP contribution is 2.47. The molecular formula is C40H31FN2O4. The van der Waals surface area contributed by atoms with Crippen LogP contribution in [0.15, 0.2) is 128 Å². The maximum absolute atomic E-state index is 14.5. The van der Waals surface area contributed by atoms with Gasteiger partial charge in [-0.3, -0.25) is 9.78 Å². The summed E-state index contributed by atoms with van der Waals surface area (Å²) in [5.41, 5.74) is 6.02. The Morgan fingerprint density at radius 3 is 2.17 bits per heavy atom. The summed E-state index contributed by atoms with van der Waals surface area (Å²) in [6, 6.07) is 36.9. The van der Waals surface area contributed by atoms with Gasteiger partial charge < -0.3 is 14.4 Å². The van der Waals surface area contributed by atoms with Crippen LogP contribution < -0.4 is 4.74 Å². The standard InChI is InChI=1S/C40H31FN2O4/c1-2-46-40(45)31-17-10-9-16-30(31)34-32-18-11-23-42-36(32)38(47-37(27-12-5-3-6-13-27)28-14-7-4-8-15-28)35-33(34)25-43(39(35)44)24-26-19-21-29(41)22-20-26/h3-23,37H,2,24-25H2,1H3. The summed E-state index contributed by atoms with van der Waals surface area (Å²) in [5.74, 6) is -0.655. The number of rotatable bonds is 9. The van der Waals surface area contributed by atoms with Crippen molar-refractivity contribution >= 4 is 22.8 Å². The third-order valence-electron chi connectivity index (χ3n) is 8.39. The number of hydrogen-bond acceptors (Lipinski definition) is 5.